The topological polar surface area (TPSA) is 42.2 Å². The predicted molar refractivity (Wildman–Crippen MR) is 88.5 cm³/mol. The molecule has 0 amide bonds. The lowest BCUT2D eigenvalue weighted by molar-refractivity contribution is 0.402. The largest absolute Gasteiger partial charge is 0.396 e. The van der Waals surface area contributed by atoms with E-state index in [-0.39, 0.29) is 0 Å². The van der Waals surface area contributed by atoms with Crippen molar-refractivity contribution >= 4 is 11.5 Å². The van der Waals surface area contributed by atoms with Crippen molar-refractivity contribution in [2.75, 3.05) is 23.7 Å². The molecule has 0 bridgehead atoms. The molecule has 3 rings (SSSR count). The van der Waals surface area contributed by atoms with Crippen molar-refractivity contribution in [1.82, 2.24) is 4.98 Å². The van der Waals surface area contributed by atoms with Gasteiger partial charge >= 0.3 is 0 Å². The number of anilines is 2. The van der Waals surface area contributed by atoms with Crippen LogP contribution in [0.1, 0.15) is 24.0 Å². The summed E-state index contributed by atoms with van der Waals surface area (Å²) < 4.78 is 0. The van der Waals surface area contributed by atoms with Gasteiger partial charge < -0.3 is 10.6 Å². The van der Waals surface area contributed by atoms with E-state index in [2.05, 4.69) is 40.2 Å². The van der Waals surface area contributed by atoms with Crippen LogP contribution >= 0.6 is 0 Å². The molecule has 3 heteroatoms. The Morgan fingerprint density at radius 3 is 2.57 bits per heavy atom. The molecule has 3 nitrogen and oxygen atoms in total. The van der Waals surface area contributed by atoms with E-state index >= 15 is 0 Å². The second-order valence-corrected chi connectivity index (χ2v) is 6.05. The van der Waals surface area contributed by atoms with Crippen LogP contribution in [0.2, 0.25) is 0 Å². The number of benzene rings is 1. The number of nitrogens with two attached hydrogens (primary N) is 1. The number of rotatable bonds is 3. The maximum atomic E-state index is 6.11. The zero-order valence-corrected chi connectivity index (χ0v) is 12.6. The number of piperidine rings is 1. The minimum atomic E-state index is 0.773. The van der Waals surface area contributed by atoms with Crippen LogP contribution < -0.4 is 10.6 Å². The molecule has 21 heavy (non-hydrogen) atoms. The number of hydrogen-bond acceptors (Lipinski definition) is 3. The summed E-state index contributed by atoms with van der Waals surface area (Å²) in [5, 5.41) is 0. The molecule has 0 unspecified atom stereocenters. The fourth-order valence-corrected chi connectivity index (χ4v) is 3.15. The van der Waals surface area contributed by atoms with E-state index in [1.54, 1.807) is 0 Å². The van der Waals surface area contributed by atoms with Crippen molar-refractivity contribution in [1.29, 1.82) is 0 Å². The van der Waals surface area contributed by atoms with Crippen LogP contribution in [0.25, 0.3) is 0 Å². The van der Waals surface area contributed by atoms with E-state index < -0.39 is 0 Å². The minimum Gasteiger partial charge on any atom is -0.396 e. The number of aromatic nitrogens is 1. The normalized spacial score (nSPS) is 16.1. The first kappa shape index (κ1) is 13.9. The summed E-state index contributed by atoms with van der Waals surface area (Å²) in [4.78, 5) is 6.84. The number of nitrogens with zero attached hydrogens (tertiary/aromatic N) is 2. The number of nitrogen functional groups attached to an aromatic ring is 1. The highest BCUT2D eigenvalue weighted by Gasteiger charge is 2.21. The smallest absolute Gasteiger partial charge is 0.151 e. The second kappa shape index (κ2) is 6.17. The zero-order valence-electron chi connectivity index (χ0n) is 12.6. The standard InChI is InChI=1S/C18H23N3/c1-14-11-17(19)18(20-13-14)21-9-7-16(8-10-21)12-15-5-3-2-4-6-15/h2-6,11,13,16H,7-10,12,19H2,1H3. The summed E-state index contributed by atoms with van der Waals surface area (Å²) in [5.74, 6) is 1.73. The van der Waals surface area contributed by atoms with Crippen LogP contribution in [0.4, 0.5) is 11.5 Å². The Labute approximate surface area is 126 Å². The lowest BCUT2D eigenvalue weighted by Gasteiger charge is -2.33. The van der Waals surface area contributed by atoms with E-state index in [0.717, 1.165) is 36.1 Å². The first-order valence-corrected chi connectivity index (χ1v) is 7.73. The third-order valence-electron chi connectivity index (χ3n) is 4.31. The minimum absolute atomic E-state index is 0.773. The van der Waals surface area contributed by atoms with Gasteiger partial charge in [-0.15, -0.1) is 0 Å². The molecular weight excluding hydrogens is 258 g/mol. The lowest BCUT2D eigenvalue weighted by Crippen LogP contribution is -2.35. The van der Waals surface area contributed by atoms with Gasteiger partial charge in [0, 0.05) is 19.3 Å². The van der Waals surface area contributed by atoms with E-state index in [1.165, 1.54) is 24.8 Å². The fourth-order valence-electron chi connectivity index (χ4n) is 3.15. The molecule has 1 aliphatic heterocycles. The Balaban J connectivity index is 1.60. The molecule has 0 atom stereocenters. The zero-order chi connectivity index (χ0) is 14.7. The monoisotopic (exact) mass is 281 g/mol. The molecule has 0 spiro atoms. The van der Waals surface area contributed by atoms with Gasteiger partial charge in [0.2, 0.25) is 0 Å². The Morgan fingerprint density at radius 1 is 1.19 bits per heavy atom. The highest BCUT2D eigenvalue weighted by atomic mass is 15.2. The van der Waals surface area contributed by atoms with Gasteiger partial charge in [-0.3, -0.25) is 0 Å². The summed E-state index contributed by atoms with van der Waals surface area (Å²) in [5.41, 5.74) is 9.48. The lowest BCUT2D eigenvalue weighted by atomic mass is 9.90. The third kappa shape index (κ3) is 3.35. The quantitative estimate of drug-likeness (QED) is 0.937. The van der Waals surface area contributed by atoms with E-state index in [9.17, 15) is 0 Å². The van der Waals surface area contributed by atoms with Crippen LogP contribution in [-0.2, 0) is 6.42 Å². The first-order valence-electron chi connectivity index (χ1n) is 7.73. The average Bonchev–Trinajstić information content (AvgIpc) is 2.49. The molecule has 1 aromatic heterocycles. The Morgan fingerprint density at radius 2 is 1.90 bits per heavy atom. The van der Waals surface area contributed by atoms with Crippen LogP contribution in [0, 0.1) is 12.8 Å². The average molecular weight is 281 g/mol. The van der Waals surface area contributed by atoms with Crippen LogP contribution in [-0.4, -0.2) is 18.1 Å². The van der Waals surface area contributed by atoms with Crippen molar-refractivity contribution in [3.63, 3.8) is 0 Å². The van der Waals surface area contributed by atoms with E-state index in [0.29, 0.717) is 0 Å². The summed E-state index contributed by atoms with van der Waals surface area (Å²) in [6, 6.07) is 12.8. The van der Waals surface area contributed by atoms with Crippen molar-refractivity contribution in [3.8, 4) is 0 Å². The Kier molecular flexibility index (Phi) is 4.09. The highest BCUT2D eigenvalue weighted by molar-refractivity contribution is 5.63. The predicted octanol–water partition coefficient (Wildman–Crippen LogP) is 3.43. The first-order chi connectivity index (χ1) is 10.2. The van der Waals surface area contributed by atoms with Gasteiger partial charge in [-0.1, -0.05) is 30.3 Å². The molecule has 1 fully saturated rings. The van der Waals surface area contributed by atoms with Crippen LogP contribution in [0.15, 0.2) is 42.6 Å². The molecule has 2 aromatic rings. The molecule has 1 aromatic carbocycles. The summed E-state index contributed by atoms with van der Waals surface area (Å²) in [6.45, 7) is 4.13. The molecule has 2 N–H and O–H groups in total. The molecule has 1 saturated heterocycles. The van der Waals surface area contributed by atoms with Gasteiger partial charge in [-0.25, -0.2) is 4.98 Å². The SMILES string of the molecule is Cc1cnc(N2CCC(Cc3ccccc3)CC2)c(N)c1. The number of hydrogen-bond donors (Lipinski definition) is 1. The van der Waals surface area contributed by atoms with Crippen molar-refractivity contribution in [3.05, 3.63) is 53.7 Å². The molecule has 1 aliphatic rings. The van der Waals surface area contributed by atoms with E-state index in [4.69, 9.17) is 5.73 Å². The van der Waals surface area contributed by atoms with Gasteiger partial charge in [-0.05, 0) is 49.3 Å². The third-order valence-corrected chi connectivity index (χ3v) is 4.31. The molecule has 0 saturated carbocycles. The summed E-state index contributed by atoms with van der Waals surface area (Å²) >= 11 is 0. The highest BCUT2D eigenvalue weighted by Crippen LogP contribution is 2.28. The number of aryl methyl sites for hydroxylation is 1. The number of pyridine rings is 1. The summed E-state index contributed by atoms with van der Waals surface area (Å²) in [7, 11) is 0. The second-order valence-electron chi connectivity index (χ2n) is 6.05. The van der Waals surface area contributed by atoms with Gasteiger partial charge in [0.15, 0.2) is 5.82 Å². The summed E-state index contributed by atoms with van der Waals surface area (Å²) in [6.07, 6.45) is 5.51. The van der Waals surface area contributed by atoms with Crippen molar-refractivity contribution in [2.24, 2.45) is 5.92 Å². The molecular formula is C18H23N3. The molecule has 110 valence electrons. The maximum Gasteiger partial charge on any atom is 0.151 e. The van der Waals surface area contributed by atoms with Gasteiger partial charge in [0.25, 0.3) is 0 Å². The van der Waals surface area contributed by atoms with Gasteiger partial charge in [0.1, 0.15) is 0 Å². The van der Waals surface area contributed by atoms with Crippen LogP contribution in [0.5, 0.6) is 0 Å². The van der Waals surface area contributed by atoms with Gasteiger partial charge in [0.05, 0.1) is 5.69 Å². The molecule has 0 aliphatic carbocycles. The molecule has 2 heterocycles. The van der Waals surface area contributed by atoms with E-state index in [1.807, 2.05) is 19.2 Å². The van der Waals surface area contributed by atoms with Crippen LogP contribution in [0.3, 0.4) is 0 Å². The van der Waals surface area contributed by atoms with Crippen molar-refractivity contribution < 1.29 is 0 Å². The van der Waals surface area contributed by atoms with Gasteiger partial charge in [-0.2, -0.15) is 0 Å². The fraction of sp³-hybridized carbons (Fsp3) is 0.389. The maximum absolute atomic E-state index is 6.11. The van der Waals surface area contributed by atoms with Crippen molar-refractivity contribution in [2.45, 2.75) is 26.2 Å². The molecule has 0 radical (unpaired) electrons. The Bertz CT molecular complexity index is 587. The Hall–Kier alpha value is -2.03.